The van der Waals surface area contributed by atoms with Crippen LogP contribution < -0.4 is 9.47 Å². The van der Waals surface area contributed by atoms with Crippen LogP contribution in [0.4, 0.5) is 0 Å². The molecule has 0 spiro atoms. The fourth-order valence-corrected chi connectivity index (χ4v) is 4.13. The Labute approximate surface area is 159 Å². The van der Waals surface area contributed by atoms with Crippen LogP contribution in [0.15, 0.2) is 18.2 Å². The number of ether oxygens (including phenoxy) is 2. The lowest BCUT2D eigenvalue weighted by Crippen LogP contribution is -2.38. The largest absolute Gasteiger partial charge is 0.497 e. The van der Waals surface area contributed by atoms with Crippen molar-refractivity contribution in [3.8, 4) is 11.5 Å². The van der Waals surface area contributed by atoms with Crippen molar-refractivity contribution in [3.63, 3.8) is 0 Å². The second-order valence-electron chi connectivity index (χ2n) is 7.57. The molecule has 1 aliphatic carbocycles. The zero-order valence-electron chi connectivity index (χ0n) is 16.1. The van der Waals surface area contributed by atoms with Crippen LogP contribution in [0.3, 0.4) is 0 Å². The molecular formula is C21H27N3O3. The predicted octanol–water partition coefficient (Wildman–Crippen LogP) is 2.90. The summed E-state index contributed by atoms with van der Waals surface area (Å²) in [5, 5.41) is 7.69. The summed E-state index contributed by atoms with van der Waals surface area (Å²) >= 11 is 0. The lowest BCUT2D eigenvalue weighted by Gasteiger charge is -2.28. The first-order valence-electron chi connectivity index (χ1n) is 9.75. The van der Waals surface area contributed by atoms with E-state index in [2.05, 4.69) is 10.2 Å². The van der Waals surface area contributed by atoms with Crippen molar-refractivity contribution in [2.24, 2.45) is 5.92 Å². The molecule has 2 aromatic rings. The van der Waals surface area contributed by atoms with Gasteiger partial charge in [-0.3, -0.25) is 9.89 Å². The first-order valence-corrected chi connectivity index (χ1v) is 9.75. The fourth-order valence-electron chi connectivity index (χ4n) is 4.13. The van der Waals surface area contributed by atoms with E-state index >= 15 is 0 Å². The molecule has 6 nitrogen and oxygen atoms in total. The van der Waals surface area contributed by atoms with Gasteiger partial charge in [0.15, 0.2) is 0 Å². The summed E-state index contributed by atoms with van der Waals surface area (Å²) in [6, 6.07) is 5.76. The second kappa shape index (κ2) is 7.62. The summed E-state index contributed by atoms with van der Waals surface area (Å²) < 4.78 is 11.1. The number of rotatable bonds is 4. The van der Waals surface area contributed by atoms with Gasteiger partial charge in [-0.05, 0) is 61.4 Å². The van der Waals surface area contributed by atoms with Crippen molar-refractivity contribution in [2.45, 2.75) is 45.1 Å². The molecule has 27 heavy (non-hydrogen) atoms. The van der Waals surface area contributed by atoms with Crippen molar-refractivity contribution in [1.82, 2.24) is 15.1 Å². The topological polar surface area (TPSA) is 67.5 Å². The van der Waals surface area contributed by atoms with Gasteiger partial charge >= 0.3 is 0 Å². The molecule has 1 N–H and O–H groups in total. The first kappa shape index (κ1) is 17.9. The van der Waals surface area contributed by atoms with Crippen LogP contribution in [0.25, 0.3) is 0 Å². The molecule has 1 aromatic heterocycles. The van der Waals surface area contributed by atoms with Crippen LogP contribution in [-0.4, -0.2) is 41.8 Å². The van der Waals surface area contributed by atoms with E-state index in [9.17, 15) is 4.79 Å². The highest BCUT2D eigenvalue weighted by Crippen LogP contribution is 2.31. The van der Waals surface area contributed by atoms with Gasteiger partial charge < -0.3 is 14.4 Å². The average molecular weight is 369 g/mol. The molecule has 144 valence electrons. The van der Waals surface area contributed by atoms with Crippen LogP contribution in [-0.2, 0) is 30.6 Å². The van der Waals surface area contributed by atoms with Gasteiger partial charge in [-0.1, -0.05) is 6.42 Å². The standard InChI is InChI=1S/C21H27N3O3/c1-24(12-19-17-6-4-3-5-7-18(17)22-23-19)21(25)15-10-14-11-16(26-2)8-9-20(14)27-13-15/h8-9,11,15H,3-7,10,12-13H2,1-2H3,(H,22,23)/t15-/m1/s1. The molecule has 1 atom stereocenters. The van der Waals surface area contributed by atoms with Crippen molar-refractivity contribution >= 4 is 5.91 Å². The molecule has 1 amide bonds. The van der Waals surface area contributed by atoms with Gasteiger partial charge in [0.1, 0.15) is 18.1 Å². The highest BCUT2D eigenvalue weighted by atomic mass is 16.5. The van der Waals surface area contributed by atoms with Crippen molar-refractivity contribution in [2.75, 3.05) is 20.8 Å². The Kier molecular flexibility index (Phi) is 5.05. The number of aromatic nitrogens is 2. The maximum absolute atomic E-state index is 13.0. The Morgan fingerprint density at radius 3 is 3.04 bits per heavy atom. The lowest BCUT2D eigenvalue weighted by molar-refractivity contribution is -0.136. The smallest absolute Gasteiger partial charge is 0.229 e. The number of carbonyl (C=O) groups is 1. The minimum absolute atomic E-state index is 0.105. The van der Waals surface area contributed by atoms with Gasteiger partial charge in [0.2, 0.25) is 5.91 Å². The summed E-state index contributed by atoms with van der Waals surface area (Å²) in [4.78, 5) is 14.8. The highest BCUT2D eigenvalue weighted by molar-refractivity contribution is 5.79. The highest BCUT2D eigenvalue weighted by Gasteiger charge is 2.29. The van der Waals surface area contributed by atoms with Gasteiger partial charge in [-0.15, -0.1) is 0 Å². The average Bonchev–Trinajstić information content (AvgIpc) is 2.92. The summed E-state index contributed by atoms with van der Waals surface area (Å²) in [6.07, 6.45) is 6.48. The third-order valence-electron chi connectivity index (χ3n) is 5.68. The molecule has 0 saturated heterocycles. The van der Waals surface area contributed by atoms with E-state index in [4.69, 9.17) is 9.47 Å². The van der Waals surface area contributed by atoms with Crippen molar-refractivity contribution in [3.05, 3.63) is 40.7 Å². The maximum Gasteiger partial charge on any atom is 0.229 e. The zero-order valence-corrected chi connectivity index (χ0v) is 16.1. The van der Waals surface area contributed by atoms with Crippen LogP contribution in [0.5, 0.6) is 11.5 Å². The van der Waals surface area contributed by atoms with Crippen LogP contribution in [0.1, 0.15) is 41.8 Å². The molecule has 0 saturated carbocycles. The number of nitrogens with one attached hydrogen (secondary N) is 1. The van der Waals surface area contributed by atoms with Crippen molar-refractivity contribution < 1.29 is 14.3 Å². The Morgan fingerprint density at radius 1 is 1.33 bits per heavy atom. The second-order valence-corrected chi connectivity index (χ2v) is 7.57. The van der Waals surface area contributed by atoms with E-state index in [-0.39, 0.29) is 11.8 Å². The maximum atomic E-state index is 13.0. The fraction of sp³-hybridized carbons (Fsp3) is 0.524. The Morgan fingerprint density at radius 2 is 2.19 bits per heavy atom. The molecule has 0 unspecified atom stereocenters. The van der Waals surface area contributed by atoms with E-state index in [1.54, 1.807) is 12.0 Å². The summed E-state index contributed by atoms with van der Waals surface area (Å²) in [6.45, 7) is 0.966. The van der Waals surface area contributed by atoms with E-state index in [0.29, 0.717) is 19.6 Å². The molecule has 2 heterocycles. The number of aromatic amines is 1. The van der Waals surface area contributed by atoms with Gasteiger partial charge in [0, 0.05) is 12.7 Å². The zero-order chi connectivity index (χ0) is 18.8. The molecule has 6 heteroatoms. The van der Waals surface area contributed by atoms with E-state index in [1.807, 2.05) is 25.2 Å². The van der Waals surface area contributed by atoms with Crippen LogP contribution in [0.2, 0.25) is 0 Å². The Balaban J connectivity index is 1.44. The third kappa shape index (κ3) is 3.66. The summed E-state index contributed by atoms with van der Waals surface area (Å²) in [5.41, 5.74) is 4.62. The normalized spacial score (nSPS) is 18.7. The van der Waals surface area contributed by atoms with E-state index in [1.165, 1.54) is 30.5 Å². The molecule has 0 fully saturated rings. The monoisotopic (exact) mass is 369 g/mol. The number of aryl methyl sites for hydroxylation is 1. The predicted molar refractivity (Wildman–Crippen MR) is 102 cm³/mol. The van der Waals surface area contributed by atoms with E-state index < -0.39 is 0 Å². The van der Waals surface area contributed by atoms with E-state index in [0.717, 1.165) is 35.6 Å². The Hall–Kier alpha value is -2.50. The molecule has 0 bridgehead atoms. The molecule has 1 aliphatic heterocycles. The number of fused-ring (bicyclic) bond motifs is 2. The van der Waals surface area contributed by atoms with Gasteiger partial charge in [0.05, 0.1) is 25.3 Å². The van der Waals surface area contributed by atoms with Crippen LogP contribution in [0, 0.1) is 5.92 Å². The molecular weight excluding hydrogens is 342 g/mol. The van der Waals surface area contributed by atoms with Gasteiger partial charge in [-0.2, -0.15) is 5.10 Å². The van der Waals surface area contributed by atoms with Gasteiger partial charge in [-0.25, -0.2) is 0 Å². The third-order valence-corrected chi connectivity index (χ3v) is 5.68. The van der Waals surface area contributed by atoms with Crippen molar-refractivity contribution in [1.29, 1.82) is 0 Å². The number of H-pyrrole nitrogens is 1. The molecule has 0 radical (unpaired) electrons. The number of methoxy groups -OCH3 is 1. The first-order chi connectivity index (χ1) is 13.2. The number of benzene rings is 1. The minimum Gasteiger partial charge on any atom is -0.497 e. The molecule has 2 aliphatic rings. The quantitative estimate of drug-likeness (QED) is 0.842. The minimum atomic E-state index is -0.174. The number of amides is 1. The number of hydrogen-bond acceptors (Lipinski definition) is 4. The summed E-state index contributed by atoms with van der Waals surface area (Å²) in [5.74, 6) is 1.57. The SMILES string of the molecule is COc1ccc2c(c1)C[C@@H](C(=O)N(C)Cc1n[nH]c3c1CCCCC3)CO2. The molecule has 4 rings (SSSR count). The number of nitrogens with zero attached hydrogens (tertiary/aromatic N) is 2. The Bertz CT molecular complexity index is 830. The molecule has 1 aromatic carbocycles. The number of carbonyl (C=O) groups excluding carboxylic acids is 1. The lowest BCUT2D eigenvalue weighted by atomic mass is 9.95. The number of hydrogen-bond donors (Lipinski definition) is 1. The summed E-state index contributed by atoms with van der Waals surface area (Å²) in [7, 11) is 3.51. The van der Waals surface area contributed by atoms with Crippen LogP contribution >= 0.6 is 0 Å². The van der Waals surface area contributed by atoms with Gasteiger partial charge in [0.25, 0.3) is 0 Å².